The molecule has 0 radical (unpaired) electrons. The monoisotopic (exact) mass is 272 g/mol. The molecule has 2 aromatic rings. The summed E-state index contributed by atoms with van der Waals surface area (Å²) in [6.45, 7) is 7.78. The summed E-state index contributed by atoms with van der Waals surface area (Å²) in [6, 6.07) is 9.21. The molecule has 0 saturated heterocycles. The number of aliphatic hydroxyl groups is 1. The summed E-state index contributed by atoms with van der Waals surface area (Å²) < 4.78 is 13.3. The molecule has 1 atom stereocenters. The zero-order valence-electron chi connectivity index (χ0n) is 12.5. The highest BCUT2D eigenvalue weighted by Gasteiger charge is 2.16. The predicted octanol–water partition coefficient (Wildman–Crippen LogP) is 4.34. The van der Waals surface area contributed by atoms with Gasteiger partial charge in [0.15, 0.2) is 0 Å². The van der Waals surface area contributed by atoms with Gasteiger partial charge in [-0.25, -0.2) is 4.39 Å². The summed E-state index contributed by atoms with van der Waals surface area (Å²) in [5.74, 6) is -0.248. The zero-order chi connectivity index (χ0) is 14.9. The number of hydrogen-bond donors (Lipinski definition) is 1. The SMILES string of the molecule is Cc1ccc(C)c(CC(O)c2c(C)cc(F)cc2C)c1. The Labute approximate surface area is 120 Å². The van der Waals surface area contributed by atoms with E-state index in [1.54, 1.807) is 0 Å². The van der Waals surface area contributed by atoms with Crippen molar-refractivity contribution in [2.75, 3.05) is 0 Å². The molecule has 0 fully saturated rings. The Balaban J connectivity index is 2.33. The van der Waals surface area contributed by atoms with Gasteiger partial charge in [-0.1, -0.05) is 23.8 Å². The lowest BCUT2D eigenvalue weighted by molar-refractivity contribution is 0.176. The van der Waals surface area contributed by atoms with Gasteiger partial charge < -0.3 is 5.11 Å². The van der Waals surface area contributed by atoms with Crippen LogP contribution in [0.2, 0.25) is 0 Å². The fourth-order valence-corrected chi connectivity index (χ4v) is 2.78. The van der Waals surface area contributed by atoms with Crippen LogP contribution in [0, 0.1) is 33.5 Å². The Bertz CT molecular complexity index is 608. The highest BCUT2D eigenvalue weighted by molar-refractivity contribution is 5.38. The number of halogens is 1. The maximum atomic E-state index is 13.3. The lowest BCUT2D eigenvalue weighted by atomic mass is 9.92. The minimum Gasteiger partial charge on any atom is -0.388 e. The van der Waals surface area contributed by atoms with Crippen LogP contribution in [0.5, 0.6) is 0 Å². The lowest BCUT2D eigenvalue weighted by Crippen LogP contribution is -2.08. The van der Waals surface area contributed by atoms with E-state index >= 15 is 0 Å². The van der Waals surface area contributed by atoms with Crippen LogP contribution >= 0.6 is 0 Å². The Morgan fingerprint density at radius 1 is 0.950 bits per heavy atom. The third-order valence-corrected chi connectivity index (χ3v) is 3.81. The van der Waals surface area contributed by atoms with Crippen molar-refractivity contribution < 1.29 is 9.50 Å². The van der Waals surface area contributed by atoms with E-state index in [0.29, 0.717) is 6.42 Å². The molecule has 0 bridgehead atoms. The molecule has 20 heavy (non-hydrogen) atoms. The van der Waals surface area contributed by atoms with Crippen LogP contribution in [0.4, 0.5) is 4.39 Å². The first-order valence-corrected chi connectivity index (χ1v) is 6.89. The molecule has 0 heterocycles. The van der Waals surface area contributed by atoms with Crippen LogP contribution in [0.3, 0.4) is 0 Å². The number of benzene rings is 2. The molecule has 106 valence electrons. The van der Waals surface area contributed by atoms with Crippen molar-refractivity contribution in [1.82, 2.24) is 0 Å². The minimum atomic E-state index is -0.601. The molecule has 2 aromatic carbocycles. The largest absolute Gasteiger partial charge is 0.388 e. The van der Waals surface area contributed by atoms with Gasteiger partial charge in [0.2, 0.25) is 0 Å². The van der Waals surface area contributed by atoms with Crippen LogP contribution in [0.1, 0.15) is 39.5 Å². The van der Waals surface area contributed by atoms with Crippen molar-refractivity contribution in [2.45, 2.75) is 40.2 Å². The van der Waals surface area contributed by atoms with Crippen LogP contribution in [0.15, 0.2) is 30.3 Å². The summed E-state index contributed by atoms with van der Waals surface area (Å²) in [4.78, 5) is 0. The average molecular weight is 272 g/mol. The van der Waals surface area contributed by atoms with Crippen molar-refractivity contribution in [3.63, 3.8) is 0 Å². The molecule has 2 rings (SSSR count). The van der Waals surface area contributed by atoms with Gasteiger partial charge in [0.25, 0.3) is 0 Å². The van der Waals surface area contributed by atoms with Crippen LogP contribution in [0.25, 0.3) is 0 Å². The van der Waals surface area contributed by atoms with Gasteiger partial charge in [-0.3, -0.25) is 0 Å². The van der Waals surface area contributed by atoms with Gasteiger partial charge in [0, 0.05) is 6.42 Å². The summed E-state index contributed by atoms with van der Waals surface area (Å²) in [5, 5.41) is 10.5. The van der Waals surface area contributed by atoms with Gasteiger partial charge in [-0.05, 0) is 67.6 Å². The van der Waals surface area contributed by atoms with Gasteiger partial charge in [-0.15, -0.1) is 0 Å². The van der Waals surface area contributed by atoms with E-state index in [4.69, 9.17) is 0 Å². The molecule has 1 nitrogen and oxygen atoms in total. The first kappa shape index (κ1) is 14.7. The third kappa shape index (κ3) is 3.07. The number of rotatable bonds is 3. The summed E-state index contributed by atoms with van der Waals surface area (Å²) >= 11 is 0. The van der Waals surface area contributed by atoms with E-state index in [0.717, 1.165) is 22.3 Å². The molecular weight excluding hydrogens is 251 g/mol. The van der Waals surface area contributed by atoms with Gasteiger partial charge in [-0.2, -0.15) is 0 Å². The fraction of sp³-hybridized carbons (Fsp3) is 0.333. The number of hydrogen-bond acceptors (Lipinski definition) is 1. The Kier molecular flexibility index (Phi) is 4.24. The van der Waals surface area contributed by atoms with Crippen molar-refractivity contribution in [2.24, 2.45) is 0 Å². The maximum absolute atomic E-state index is 13.3. The van der Waals surface area contributed by atoms with Gasteiger partial charge >= 0.3 is 0 Å². The Morgan fingerprint density at radius 3 is 2.15 bits per heavy atom. The van der Waals surface area contributed by atoms with E-state index in [1.807, 2.05) is 27.7 Å². The van der Waals surface area contributed by atoms with Crippen LogP contribution < -0.4 is 0 Å². The van der Waals surface area contributed by atoms with E-state index < -0.39 is 6.10 Å². The summed E-state index contributed by atoms with van der Waals surface area (Å²) in [7, 11) is 0. The second-order valence-corrected chi connectivity index (χ2v) is 5.60. The second-order valence-electron chi connectivity index (χ2n) is 5.60. The molecule has 0 aromatic heterocycles. The quantitative estimate of drug-likeness (QED) is 0.881. The number of aryl methyl sites for hydroxylation is 4. The molecule has 0 spiro atoms. The van der Waals surface area contributed by atoms with Gasteiger partial charge in [0.05, 0.1) is 6.10 Å². The molecule has 0 saturated carbocycles. The second kappa shape index (κ2) is 5.76. The number of aliphatic hydroxyl groups excluding tert-OH is 1. The first-order chi connectivity index (χ1) is 9.38. The molecule has 0 aliphatic carbocycles. The van der Waals surface area contributed by atoms with Crippen molar-refractivity contribution in [1.29, 1.82) is 0 Å². The van der Waals surface area contributed by atoms with E-state index in [-0.39, 0.29) is 5.82 Å². The maximum Gasteiger partial charge on any atom is 0.123 e. The first-order valence-electron chi connectivity index (χ1n) is 6.89. The molecule has 0 aliphatic rings. The normalized spacial score (nSPS) is 12.5. The predicted molar refractivity (Wildman–Crippen MR) is 80.5 cm³/mol. The summed E-state index contributed by atoms with van der Waals surface area (Å²) in [6.07, 6.45) is -0.0445. The lowest BCUT2D eigenvalue weighted by Gasteiger charge is -2.18. The van der Waals surface area contributed by atoms with Gasteiger partial charge in [0.1, 0.15) is 5.82 Å². The Hall–Kier alpha value is -1.67. The third-order valence-electron chi connectivity index (χ3n) is 3.81. The zero-order valence-corrected chi connectivity index (χ0v) is 12.5. The molecule has 0 aliphatic heterocycles. The van der Waals surface area contributed by atoms with Crippen molar-refractivity contribution in [3.05, 3.63) is 69.5 Å². The van der Waals surface area contributed by atoms with Crippen LogP contribution in [-0.2, 0) is 6.42 Å². The molecule has 2 heteroatoms. The highest BCUT2D eigenvalue weighted by Crippen LogP contribution is 2.27. The molecule has 0 amide bonds. The highest BCUT2D eigenvalue weighted by atomic mass is 19.1. The van der Waals surface area contributed by atoms with E-state index in [9.17, 15) is 9.50 Å². The summed E-state index contributed by atoms with van der Waals surface area (Å²) in [5.41, 5.74) is 5.95. The molecular formula is C18H21FO. The van der Waals surface area contributed by atoms with Crippen molar-refractivity contribution >= 4 is 0 Å². The Morgan fingerprint density at radius 2 is 1.55 bits per heavy atom. The minimum absolute atomic E-state index is 0.248. The fourth-order valence-electron chi connectivity index (χ4n) is 2.78. The van der Waals surface area contributed by atoms with E-state index in [1.165, 1.54) is 23.3 Å². The topological polar surface area (TPSA) is 20.2 Å². The standard InChI is InChI=1S/C18H21FO/c1-11-5-6-12(2)15(7-11)10-17(20)18-13(3)8-16(19)9-14(18)4/h5-9,17,20H,10H2,1-4H3. The smallest absolute Gasteiger partial charge is 0.123 e. The molecule has 1 unspecified atom stereocenters. The molecule has 1 N–H and O–H groups in total. The van der Waals surface area contributed by atoms with E-state index in [2.05, 4.69) is 18.2 Å². The average Bonchev–Trinajstić information content (AvgIpc) is 2.32. The van der Waals surface area contributed by atoms with Crippen molar-refractivity contribution in [3.8, 4) is 0 Å². The van der Waals surface area contributed by atoms with Crippen LogP contribution in [-0.4, -0.2) is 5.11 Å².